The van der Waals surface area contributed by atoms with E-state index in [0.717, 1.165) is 30.1 Å². The SMILES string of the molecule is CCCC1CCC(C2CCC(CCC/C=C/C=C/C(=O)O)CC2)CC1. The topological polar surface area (TPSA) is 37.3 Å². The van der Waals surface area contributed by atoms with Crippen molar-refractivity contribution in [1.29, 1.82) is 0 Å². The van der Waals surface area contributed by atoms with E-state index >= 15 is 0 Å². The zero-order chi connectivity index (χ0) is 17.9. The fraction of sp³-hybridized carbons (Fsp3) is 0.783. The third kappa shape index (κ3) is 7.79. The van der Waals surface area contributed by atoms with Gasteiger partial charge in [-0.1, -0.05) is 70.1 Å². The average Bonchev–Trinajstić information content (AvgIpc) is 2.62. The molecule has 0 aromatic carbocycles. The Balaban J connectivity index is 1.55. The number of carboxylic acid groups (broad SMARTS) is 1. The molecule has 2 aliphatic carbocycles. The predicted octanol–water partition coefficient (Wildman–Crippen LogP) is 6.77. The highest BCUT2D eigenvalue weighted by Crippen LogP contribution is 2.42. The van der Waals surface area contributed by atoms with Crippen LogP contribution in [0.15, 0.2) is 24.3 Å². The maximum absolute atomic E-state index is 10.4. The van der Waals surface area contributed by atoms with Gasteiger partial charge in [0.1, 0.15) is 0 Å². The second kappa shape index (κ2) is 11.5. The largest absolute Gasteiger partial charge is 0.478 e. The minimum atomic E-state index is -0.875. The van der Waals surface area contributed by atoms with E-state index in [1.54, 1.807) is 6.08 Å². The Morgan fingerprint density at radius 2 is 1.44 bits per heavy atom. The summed E-state index contributed by atoms with van der Waals surface area (Å²) in [6.45, 7) is 2.33. The second-order valence-corrected chi connectivity index (χ2v) is 8.41. The molecule has 0 spiro atoms. The lowest BCUT2D eigenvalue weighted by atomic mass is 9.68. The summed E-state index contributed by atoms with van der Waals surface area (Å²) < 4.78 is 0. The molecule has 0 aliphatic heterocycles. The molecule has 0 unspecified atom stereocenters. The second-order valence-electron chi connectivity index (χ2n) is 8.41. The van der Waals surface area contributed by atoms with Crippen molar-refractivity contribution in [2.45, 2.75) is 90.4 Å². The highest BCUT2D eigenvalue weighted by Gasteiger charge is 2.30. The van der Waals surface area contributed by atoms with Crippen LogP contribution in [0, 0.1) is 23.7 Å². The number of rotatable bonds is 9. The van der Waals surface area contributed by atoms with Gasteiger partial charge in [0.15, 0.2) is 0 Å². The Hall–Kier alpha value is -1.05. The predicted molar refractivity (Wildman–Crippen MR) is 106 cm³/mol. The van der Waals surface area contributed by atoms with E-state index in [2.05, 4.69) is 13.0 Å². The third-order valence-corrected chi connectivity index (χ3v) is 6.62. The van der Waals surface area contributed by atoms with Gasteiger partial charge in [-0.25, -0.2) is 4.79 Å². The first-order chi connectivity index (χ1) is 12.2. The molecule has 2 rings (SSSR count). The molecule has 0 heterocycles. The summed E-state index contributed by atoms with van der Waals surface area (Å²) in [6, 6.07) is 0. The normalized spacial score (nSPS) is 30.9. The molecule has 0 saturated heterocycles. The Bertz CT molecular complexity index is 421. The molecule has 0 aromatic rings. The van der Waals surface area contributed by atoms with E-state index < -0.39 is 5.97 Å². The van der Waals surface area contributed by atoms with Crippen molar-refractivity contribution < 1.29 is 9.90 Å². The van der Waals surface area contributed by atoms with E-state index in [1.807, 2.05) is 6.08 Å². The van der Waals surface area contributed by atoms with Gasteiger partial charge in [0.25, 0.3) is 0 Å². The van der Waals surface area contributed by atoms with Crippen LogP contribution in [0.2, 0.25) is 0 Å². The fourth-order valence-electron chi connectivity index (χ4n) is 5.14. The van der Waals surface area contributed by atoms with Crippen LogP contribution in [0.3, 0.4) is 0 Å². The lowest BCUT2D eigenvalue weighted by molar-refractivity contribution is -0.131. The monoisotopic (exact) mass is 346 g/mol. The van der Waals surface area contributed by atoms with Gasteiger partial charge in [-0.05, 0) is 62.2 Å². The first-order valence-corrected chi connectivity index (χ1v) is 10.7. The average molecular weight is 347 g/mol. The summed E-state index contributed by atoms with van der Waals surface area (Å²) >= 11 is 0. The molecule has 2 heteroatoms. The van der Waals surface area contributed by atoms with Gasteiger partial charge in [-0.15, -0.1) is 0 Å². The number of hydrogen-bond donors (Lipinski definition) is 1. The molecule has 0 bridgehead atoms. The van der Waals surface area contributed by atoms with Crippen LogP contribution in [0.5, 0.6) is 0 Å². The number of unbranched alkanes of at least 4 members (excludes halogenated alkanes) is 1. The van der Waals surface area contributed by atoms with Gasteiger partial charge < -0.3 is 5.11 Å². The van der Waals surface area contributed by atoms with E-state index in [1.165, 1.54) is 83.1 Å². The number of carbonyl (C=O) groups is 1. The van der Waals surface area contributed by atoms with Gasteiger partial charge >= 0.3 is 5.97 Å². The van der Waals surface area contributed by atoms with Crippen molar-refractivity contribution in [1.82, 2.24) is 0 Å². The minimum absolute atomic E-state index is 0.875. The van der Waals surface area contributed by atoms with Crippen LogP contribution < -0.4 is 0 Å². The number of aliphatic carboxylic acids is 1. The number of allylic oxidation sites excluding steroid dienone is 3. The molecule has 2 aliphatic rings. The van der Waals surface area contributed by atoms with Gasteiger partial charge in [-0.2, -0.15) is 0 Å². The third-order valence-electron chi connectivity index (χ3n) is 6.62. The molecule has 25 heavy (non-hydrogen) atoms. The van der Waals surface area contributed by atoms with Crippen molar-refractivity contribution in [3.05, 3.63) is 24.3 Å². The van der Waals surface area contributed by atoms with E-state index in [9.17, 15) is 4.79 Å². The molecule has 0 radical (unpaired) electrons. The van der Waals surface area contributed by atoms with Gasteiger partial charge in [-0.3, -0.25) is 0 Å². The van der Waals surface area contributed by atoms with Crippen molar-refractivity contribution in [2.24, 2.45) is 23.7 Å². The highest BCUT2D eigenvalue weighted by atomic mass is 16.4. The van der Waals surface area contributed by atoms with Crippen molar-refractivity contribution in [2.75, 3.05) is 0 Å². The van der Waals surface area contributed by atoms with Crippen LogP contribution in [-0.2, 0) is 4.79 Å². The summed E-state index contributed by atoms with van der Waals surface area (Å²) in [5.74, 6) is 3.17. The Morgan fingerprint density at radius 1 is 0.880 bits per heavy atom. The van der Waals surface area contributed by atoms with Crippen molar-refractivity contribution >= 4 is 5.97 Å². The maximum atomic E-state index is 10.4. The summed E-state index contributed by atoms with van der Waals surface area (Å²) in [6.07, 6.45) is 25.1. The smallest absolute Gasteiger partial charge is 0.328 e. The van der Waals surface area contributed by atoms with Crippen LogP contribution in [0.4, 0.5) is 0 Å². The number of carboxylic acids is 1. The summed E-state index contributed by atoms with van der Waals surface area (Å²) in [5, 5.41) is 8.52. The zero-order valence-electron chi connectivity index (χ0n) is 16.2. The summed E-state index contributed by atoms with van der Waals surface area (Å²) in [7, 11) is 0. The van der Waals surface area contributed by atoms with Crippen LogP contribution in [0.1, 0.15) is 90.4 Å². The maximum Gasteiger partial charge on any atom is 0.328 e. The van der Waals surface area contributed by atoms with E-state index in [-0.39, 0.29) is 0 Å². The Kier molecular flexibility index (Phi) is 9.36. The molecule has 0 atom stereocenters. The quantitative estimate of drug-likeness (QED) is 0.284. The minimum Gasteiger partial charge on any atom is -0.478 e. The Labute approximate surface area is 154 Å². The van der Waals surface area contributed by atoms with Crippen molar-refractivity contribution in [3.63, 3.8) is 0 Å². The molecule has 2 saturated carbocycles. The van der Waals surface area contributed by atoms with Gasteiger partial charge in [0.05, 0.1) is 0 Å². The molecular formula is C23H38O2. The zero-order valence-corrected chi connectivity index (χ0v) is 16.2. The van der Waals surface area contributed by atoms with E-state index in [4.69, 9.17) is 5.11 Å². The van der Waals surface area contributed by atoms with Crippen molar-refractivity contribution in [3.8, 4) is 0 Å². The molecular weight excluding hydrogens is 308 g/mol. The van der Waals surface area contributed by atoms with E-state index in [0.29, 0.717) is 0 Å². The summed E-state index contributed by atoms with van der Waals surface area (Å²) in [4.78, 5) is 10.4. The molecule has 142 valence electrons. The lowest BCUT2D eigenvalue weighted by Gasteiger charge is -2.38. The first kappa shape index (κ1) is 20.3. The van der Waals surface area contributed by atoms with Crippen LogP contribution >= 0.6 is 0 Å². The molecule has 0 aromatic heterocycles. The Morgan fingerprint density at radius 3 is 1.96 bits per heavy atom. The lowest BCUT2D eigenvalue weighted by Crippen LogP contribution is -2.25. The molecule has 1 N–H and O–H groups in total. The van der Waals surface area contributed by atoms with Crippen LogP contribution in [-0.4, -0.2) is 11.1 Å². The molecule has 2 fully saturated rings. The summed E-state index contributed by atoms with van der Waals surface area (Å²) in [5.41, 5.74) is 0. The highest BCUT2D eigenvalue weighted by molar-refractivity contribution is 5.80. The standard InChI is InChI=1S/C23H38O2/c1-2-8-19-11-15-21(16-12-19)22-17-13-20(14-18-22)9-6-4-3-5-7-10-23(24)25/h3,5,7,10,19-22H,2,4,6,8-9,11-18H2,1H3,(H,24,25)/b5-3+,10-7+. The first-order valence-electron chi connectivity index (χ1n) is 10.7. The fourth-order valence-corrected chi connectivity index (χ4v) is 5.14. The van der Waals surface area contributed by atoms with Gasteiger partial charge in [0.2, 0.25) is 0 Å². The molecule has 0 amide bonds. The van der Waals surface area contributed by atoms with Gasteiger partial charge in [0, 0.05) is 6.08 Å². The molecule has 2 nitrogen and oxygen atoms in total. The van der Waals surface area contributed by atoms with Crippen LogP contribution in [0.25, 0.3) is 0 Å². The number of hydrogen-bond acceptors (Lipinski definition) is 1.